The summed E-state index contributed by atoms with van der Waals surface area (Å²) in [5, 5.41) is 18.9. The Hall–Kier alpha value is -2.82. The molecular formula is C20H17NO4S2. The van der Waals surface area contributed by atoms with Crippen LogP contribution in [0.2, 0.25) is 0 Å². The number of thiocarbonyl (C=S) groups is 2. The zero-order chi connectivity index (χ0) is 19.9. The topological polar surface area (TPSA) is 79.5 Å². The van der Waals surface area contributed by atoms with Crippen molar-refractivity contribution in [3.8, 4) is 6.07 Å². The van der Waals surface area contributed by atoms with Crippen LogP contribution in [0.5, 0.6) is 0 Å². The maximum atomic E-state index is 12.1. The van der Waals surface area contributed by atoms with Gasteiger partial charge in [0, 0.05) is 11.1 Å². The second-order valence-electron chi connectivity index (χ2n) is 5.80. The highest BCUT2D eigenvalue weighted by Crippen LogP contribution is 2.27. The van der Waals surface area contributed by atoms with Gasteiger partial charge in [0.2, 0.25) is 0 Å². The lowest BCUT2D eigenvalue weighted by Gasteiger charge is -2.31. The molecule has 0 aromatic heterocycles. The average molecular weight is 399 g/mol. The van der Waals surface area contributed by atoms with Crippen molar-refractivity contribution in [3.63, 3.8) is 0 Å². The summed E-state index contributed by atoms with van der Waals surface area (Å²) in [7, 11) is 0. The molecule has 0 heterocycles. The van der Waals surface area contributed by atoms with E-state index in [1.165, 1.54) is 0 Å². The predicted octanol–water partition coefficient (Wildman–Crippen LogP) is 4.10. The van der Waals surface area contributed by atoms with Gasteiger partial charge in [-0.3, -0.25) is 0 Å². The quantitative estimate of drug-likeness (QED) is 0.554. The Kier molecular flexibility index (Phi) is 6.99. The molecule has 27 heavy (non-hydrogen) atoms. The number of aliphatic carboxylic acids is 1. The molecule has 2 aromatic carbocycles. The van der Waals surface area contributed by atoms with E-state index < -0.39 is 17.7 Å². The van der Waals surface area contributed by atoms with Crippen molar-refractivity contribution in [2.24, 2.45) is 5.92 Å². The summed E-state index contributed by atoms with van der Waals surface area (Å²) in [4.78, 5) is 12.1. The molecule has 0 aliphatic rings. The number of rotatable bonds is 7. The van der Waals surface area contributed by atoms with Crippen molar-refractivity contribution in [2.45, 2.75) is 19.1 Å². The zero-order valence-corrected chi connectivity index (χ0v) is 16.1. The van der Waals surface area contributed by atoms with Crippen molar-refractivity contribution >= 4 is 40.5 Å². The van der Waals surface area contributed by atoms with Gasteiger partial charge in [0.25, 0.3) is 0 Å². The van der Waals surface area contributed by atoms with Crippen LogP contribution in [-0.2, 0) is 14.3 Å². The normalized spacial score (nSPS) is 11.7. The molecule has 0 aliphatic carbocycles. The monoisotopic (exact) mass is 399 g/mol. The summed E-state index contributed by atoms with van der Waals surface area (Å²) >= 11 is 10.5. The molecule has 0 amide bonds. The van der Waals surface area contributed by atoms with Gasteiger partial charge in [-0.15, -0.1) is 0 Å². The fourth-order valence-electron chi connectivity index (χ4n) is 2.29. The van der Waals surface area contributed by atoms with Gasteiger partial charge >= 0.3 is 11.8 Å². The van der Waals surface area contributed by atoms with E-state index in [4.69, 9.17) is 39.2 Å². The van der Waals surface area contributed by atoms with Gasteiger partial charge < -0.3 is 14.6 Å². The van der Waals surface area contributed by atoms with Gasteiger partial charge in [0.05, 0.1) is 18.4 Å². The van der Waals surface area contributed by atoms with E-state index in [-0.39, 0.29) is 16.5 Å². The third kappa shape index (κ3) is 5.33. The first-order valence-corrected chi connectivity index (χ1v) is 8.89. The Labute approximate surface area is 168 Å². The second kappa shape index (κ2) is 9.21. The number of hydrogen-bond acceptors (Lipinski definition) is 6. The van der Waals surface area contributed by atoms with Crippen LogP contribution in [0.3, 0.4) is 0 Å². The minimum atomic E-state index is -2.21. The number of carbonyl (C=O) groups is 1. The van der Waals surface area contributed by atoms with E-state index in [2.05, 4.69) is 0 Å². The van der Waals surface area contributed by atoms with Gasteiger partial charge in [0.1, 0.15) is 0 Å². The van der Waals surface area contributed by atoms with Crippen LogP contribution in [0.4, 0.5) is 0 Å². The van der Waals surface area contributed by atoms with Crippen LogP contribution in [-0.4, -0.2) is 27.0 Å². The molecule has 0 saturated carbocycles. The van der Waals surface area contributed by atoms with Crippen molar-refractivity contribution in [1.82, 2.24) is 0 Å². The van der Waals surface area contributed by atoms with Crippen LogP contribution < -0.4 is 0 Å². The molecule has 0 saturated heterocycles. The Morgan fingerprint density at radius 3 is 1.78 bits per heavy atom. The first-order chi connectivity index (χ1) is 12.9. The molecule has 0 spiro atoms. The number of carboxylic acids is 1. The maximum absolute atomic E-state index is 12.1. The second-order valence-corrected chi connectivity index (χ2v) is 6.55. The lowest BCUT2D eigenvalue weighted by atomic mass is 10.0. The van der Waals surface area contributed by atoms with E-state index in [9.17, 15) is 9.90 Å². The smallest absolute Gasteiger partial charge is 0.390 e. The highest BCUT2D eigenvalue weighted by atomic mass is 32.1. The third-order valence-electron chi connectivity index (χ3n) is 3.66. The van der Waals surface area contributed by atoms with Crippen molar-refractivity contribution in [1.29, 1.82) is 5.26 Å². The van der Waals surface area contributed by atoms with Gasteiger partial charge in [-0.1, -0.05) is 60.7 Å². The maximum Gasteiger partial charge on any atom is 0.390 e. The SMILES string of the molecule is CC(C#N)CC(OC(=S)c1ccccc1)(OC(=S)c1ccccc1)C(=O)O. The van der Waals surface area contributed by atoms with Gasteiger partial charge in [-0.25, -0.2) is 4.79 Å². The van der Waals surface area contributed by atoms with Crippen LogP contribution in [0.1, 0.15) is 24.5 Å². The zero-order valence-electron chi connectivity index (χ0n) is 14.5. The standard InChI is InChI=1S/C20H17NO4S2/c1-14(13-21)12-20(19(22)23,24-17(26)15-8-4-2-5-9-15)25-18(27)16-10-6-3-7-11-16/h2-11,14H,12H2,1H3,(H,22,23). The molecule has 1 unspecified atom stereocenters. The van der Waals surface area contributed by atoms with Gasteiger partial charge in [0.15, 0.2) is 10.1 Å². The van der Waals surface area contributed by atoms with Crippen molar-refractivity contribution in [3.05, 3.63) is 71.8 Å². The number of carboxylic acid groups (broad SMARTS) is 1. The number of hydrogen-bond donors (Lipinski definition) is 1. The molecule has 1 N–H and O–H groups in total. The molecule has 0 fully saturated rings. The van der Waals surface area contributed by atoms with Gasteiger partial charge in [-0.05, 0) is 31.4 Å². The number of ether oxygens (including phenoxy) is 2. The predicted molar refractivity (Wildman–Crippen MR) is 108 cm³/mol. The van der Waals surface area contributed by atoms with Crippen LogP contribution >= 0.6 is 24.4 Å². The fraction of sp³-hybridized carbons (Fsp3) is 0.200. The minimum absolute atomic E-state index is 0.0565. The Balaban J connectivity index is 2.37. The summed E-state index contributed by atoms with van der Waals surface area (Å²) in [5.41, 5.74) is 1.05. The molecule has 2 rings (SSSR count). The van der Waals surface area contributed by atoms with Gasteiger partial charge in [-0.2, -0.15) is 5.26 Å². The van der Waals surface area contributed by atoms with E-state index in [1.54, 1.807) is 67.6 Å². The molecule has 5 nitrogen and oxygen atoms in total. The summed E-state index contributed by atoms with van der Waals surface area (Å²) < 4.78 is 11.2. The molecule has 138 valence electrons. The van der Waals surface area contributed by atoms with Crippen LogP contribution in [0.15, 0.2) is 60.7 Å². The van der Waals surface area contributed by atoms with Crippen LogP contribution in [0, 0.1) is 17.2 Å². The number of nitrogens with zero attached hydrogens (tertiary/aromatic N) is 1. The van der Waals surface area contributed by atoms with E-state index in [0.29, 0.717) is 11.1 Å². The summed E-state index contributed by atoms with van der Waals surface area (Å²) in [6.07, 6.45) is -0.251. The Morgan fingerprint density at radius 1 is 1.04 bits per heavy atom. The molecule has 0 aliphatic heterocycles. The number of benzene rings is 2. The lowest BCUT2D eigenvalue weighted by Crippen LogP contribution is -2.48. The lowest BCUT2D eigenvalue weighted by molar-refractivity contribution is -0.194. The highest BCUT2D eigenvalue weighted by molar-refractivity contribution is 7.80. The third-order valence-corrected chi connectivity index (χ3v) is 4.29. The molecular weight excluding hydrogens is 382 g/mol. The van der Waals surface area contributed by atoms with Crippen molar-refractivity contribution in [2.75, 3.05) is 0 Å². The Bertz CT molecular complexity index is 809. The number of nitriles is 1. The first-order valence-electron chi connectivity index (χ1n) is 8.08. The molecule has 0 bridgehead atoms. The first kappa shape index (κ1) is 20.5. The van der Waals surface area contributed by atoms with E-state index in [1.807, 2.05) is 6.07 Å². The highest BCUT2D eigenvalue weighted by Gasteiger charge is 2.47. The van der Waals surface area contributed by atoms with Crippen molar-refractivity contribution < 1.29 is 19.4 Å². The minimum Gasteiger partial charge on any atom is -0.475 e. The molecule has 1 atom stereocenters. The summed E-state index contributed by atoms with van der Waals surface area (Å²) in [6.45, 7) is 1.57. The Morgan fingerprint density at radius 2 is 1.44 bits per heavy atom. The summed E-state index contributed by atoms with van der Waals surface area (Å²) in [5.74, 6) is -4.30. The largest absolute Gasteiger partial charge is 0.475 e. The van der Waals surface area contributed by atoms with Crippen LogP contribution in [0.25, 0.3) is 0 Å². The molecule has 2 aromatic rings. The fourth-order valence-corrected chi connectivity index (χ4v) is 2.83. The van der Waals surface area contributed by atoms with E-state index in [0.717, 1.165) is 0 Å². The average Bonchev–Trinajstić information content (AvgIpc) is 2.68. The van der Waals surface area contributed by atoms with E-state index >= 15 is 0 Å². The molecule has 0 radical (unpaired) electrons. The molecule has 7 heteroatoms. The summed E-state index contributed by atoms with van der Waals surface area (Å²) in [6, 6.07) is 19.4.